The zero-order valence-corrected chi connectivity index (χ0v) is 12.0. The number of carbonyl (C=O) groups excluding carboxylic acids is 1. The summed E-state index contributed by atoms with van der Waals surface area (Å²) < 4.78 is 4.65. The first-order valence-corrected chi connectivity index (χ1v) is 6.70. The number of hydrogen-bond acceptors (Lipinski definition) is 6. The number of aromatic nitrogens is 1. The summed E-state index contributed by atoms with van der Waals surface area (Å²) in [5.74, 6) is -0.381. The SMILES string of the molecule is COC(=O)c1cnc(N(C)Cc2cccc(C#N)c2)s1. The minimum Gasteiger partial charge on any atom is -0.465 e. The van der Waals surface area contributed by atoms with Gasteiger partial charge in [0.1, 0.15) is 4.88 Å². The van der Waals surface area contributed by atoms with Crippen LogP contribution in [0.25, 0.3) is 0 Å². The fourth-order valence-corrected chi connectivity index (χ4v) is 2.51. The van der Waals surface area contributed by atoms with E-state index in [1.807, 2.05) is 30.1 Å². The standard InChI is InChI=1S/C14H13N3O2S/c1-17(9-11-5-3-4-10(6-11)7-15)14-16-8-12(20-14)13(18)19-2/h3-6,8H,9H2,1-2H3. The van der Waals surface area contributed by atoms with Gasteiger partial charge in [-0.1, -0.05) is 23.5 Å². The van der Waals surface area contributed by atoms with Crippen molar-refractivity contribution < 1.29 is 9.53 Å². The maximum atomic E-state index is 11.4. The molecule has 20 heavy (non-hydrogen) atoms. The van der Waals surface area contributed by atoms with Crippen molar-refractivity contribution in [1.29, 1.82) is 5.26 Å². The van der Waals surface area contributed by atoms with E-state index >= 15 is 0 Å². The number of rotatable bonds is 4. The molecule has 0 aliphatic carbocycles. The lowest BCUT2D eigenvalue weighted by Crippen LogP contribution is -2.15. The summed E-state index contributed by atoms with van der Waals surface area (Å²) in [6.45, 7) is 0.615. The third-order valence-electron chi connectivity index (χ3n) is 2.68. The second-order valence-corrected chi connectivity index (χ2v) is 5.18. The highest BCUT2D eigenvalue weighted by Crippen LogP contribution is 2.23. The van der Waals surface area contributed by atoms with Crippen LogP contribution in [-0.4, -0.2) is 25.1 Å². The molecule has 0 saturated carbocycles. The maximum Gasteiger partial charge on any atom is 0.349 e. The Balaban J connectivity index is 2.11. The van der Waals surface area contributed by atoms with Gasteiger partial charge in [-0.15, -0.1) is 0 Å². The number of nitriles is 1. The van der Waals surface area contributed by atoms with Gasteiger partial charge in [-0.05, 0) is 17.7 Å². The van der Waals surface area contributed by atoms with Crippen LogP contribution in [-0.2, 0) is 11.3 Å². The Morgan fingerprint density at radius 3 is 3.05 bits per heavy atom. The number of methoxy groups -OCH3 is 1. The van der Waals surface area contributed by atoms with E-state index in [1.54, 1.807) is 6.07 Å². The molecule has 0 aliphatic rings. The Labute approximate surface area is 121 Å². The van der Waals surface area contributed by atoms with Crippen molar-refractivity contribution in [3.8, 4) is 6.07 Å². The van der Waals surface area contributed by atoms with E-state index in [-0.39, 0.29) is 5.97 Å². The fourth-order valence-electron chi connectivity index (χ4n) is 1.72. The molecule has 0 amide bonds. The molecule has 1 aromatic carbocycles. The van der Waals surface area contributed by atoms with E-state index in [0.717, 1.165) is 10.7 Å². The van der Waals surface area contributed by atoms with Crippen LogP contribution in [0.2, 0.25) is 0 Å². The molecule has 2 rings (SSSR count). The third kappa shape index (κ3) is 3.13. The fraction of sp³-hybridized carbons (Fsp3) is 0.214. The van der Waals surface area contributed by atoms with Crippen molar-refractivity contribution in [1.82, 2.24) is 4.98 Å². The van der Waals surface area contributed by atoms with Crippen molar-refractivity contribution in [3.63, 3.8) is 0 Å². The van der Waals surface area contributed by atoms with Crippen molar-refractivity contribution >= 4 is 22.4 Å². The lowest BCUT2D eigenvalue weighted by atomic mass is 10.1. The molecule has 102 valence electrons. The minimum atomic E-state index is -0.381. The molecule has 0 N–H and O–H groups in total. The predicted octanol–water partition coefficient (Wildman–Crippen LogP) is 2.44. The number of thiazole rings is 1. The molecule has 5 nitrogen and oxygen atoms in total. The topological polar surface area (TPSA) is 66.2 Å². The van der Waals surface area contributed by atoms with Gasteiger partial charge in [0.2, 0.25) is 0 Å². The van der Waals surface area contributed by atoms with Gasteiger partial charge in [0.25, 0.3) is 0 Å². The molecular weight excluding hydrogens is 274 g/mol. The highest BCUT2D eigenvalue weighted by atomic mass is 32.1. The molecule has 0 atom stereocenters. The second-order valence-electron chi connectivity index (χ2n) is 4.17. The van der Waals surface area contributed by atoms with Crippen LogP contribution in [0.15, 0.2) is 30.5 Å². The van der Waals surface area contributed by atoms with E-state index < -0.39 is 0 Å². The summed E-state index contributed by atoms with van der Waals surface area (Å²) in [6.07, 6.45) is 1.51. The molecule has 1 heterocycles. The number of ether oxygens (including phenoxy) is 1. The normalized spacial score (nSPS) is 9.85. The van der Waals surface area contributed by atoms with Crippen molar-refractivity contribution in [2.45, 2.75) is 6.54 Å². The summed E-state index contributed by atoms with van der Waals surface area (Å²) >= 11 is 1.28. The van der Waals surface area contributed by atoms with Crippen LogP contribution in [0, 0.1) is 11.3 Å². The van der Waals surface area contributed by atoms with E-state index in [4.69, 9.17) is 5.26 Å². The van der Waals surface area contributed by atoms with Gasteiger partial charge in [0.15, 0.2) is 5.13 Å². The van der Waals surface area contributed by atoms with Crippen molar-refractivity contribution in [2.24, 2.45) is 0 Å². The smallest absolute Gasteiger partial charge is 0.349 e. The highest BCUT2D eigenvalue weighted by Gasteiger charge is 2.13. The van der Waals surface area contributed by atoms with Gasteiger partial charge in [0.05, 0.1) is 24.9 Å². The summed E-state index contributed by atoms with van der Waals surface area (Å²) in [5, 5.41) is 9.61. The molecule has 1 aromatic heterocycles. The van der Waals surface area contributed by atoms with Crippen LogP contribution in [0.3, 0.4) is 0 Å². The summed E-state index contributed by atoms with van der Waals surface area (Å²) in [7, 11) is 3.23. The quantitative estimate of drug-likeness (QED) is 0.808. The lowest BCUT2D eigenvalue weighted by Gasteiger charge is -2.15. The number of esters is 1. The average molecular weight is 287 g/mol. The van der Waals surface area contributed by atoms with E-state index in [0.29, 0.717) is 17.0 Å². The monoisotopic (exact) mass is 287 g/mol. The average Bonchev–Trinajstić information content (AvgIpc) is 2.96. The second kappa shape index (κ2) is 6.17. The summed E-state index contributed by atoms with van der Waals surface area (Å²) in [4.78, 5) is 18.0. The van der Waals surface area contributed by atoms with E-state index in [9.17, 15) is 4.79 Å². The first-order chi connectivity index (χ1) is 9.63. The number of carbonyl (C=O) groups is 1. The highest BCUT2D eigenvalue weighted by molar-refractivity contribution is 7.17. The molecule has 0 aliphatic heterocycles. The maximum absolute atomic E-state index is 11.4. The Bertz CT molecular complexity index is 660. The minimum absolute atomic E-state index is 0.381. The molecule has 0 unspecified atom stereocenters. The zero-order valence-electron chi connectivity index (χ0n) is 11.2. The van der Waals surface area contributed by atoms with Crippen LogP contribution in [0.4, 0.5) is 5.13 Å². The predicted molar refractivity (Wildman–Crippen MR) is 76.7 cm³/mol. The van der Waals surface area contributed by atoms with Gasteiger partial charge in [-0.25, -0.2) is 9.78 Å². The van der Waals surface area contributed by atoms with Crippen molar-refractivity contribution in [3.05, 3.63) is 46.5 Å². The molecule has 0 saturated heterocycles. The Kier molecular flexibility index (Phi) is 4.33. The van der Waals surface area contributed by atoms with Crippen LogP contribution < -0.4 is 4.90 Å². The Morgan fingerprint density at radius 2 is 2.35 bits per heavy atom. The summed E-state index contributed by atoms with van der Waals surface area (Å²) in [5.41, 5.74) is 1.65. The molecule has 0 fully saturated rings. The number of anilines is 1. The molecule has 0 radical (unpaired) electrons. The first-order valence-electron chi connectivity index (χ1n) is 5.88. The molecular formula is C14H13N3O2S. The zero-order chi connectivity index (χ0) is 14.5. The molecule has 0 bridgehead atoms. The van der Waals surface area contributed by atoms with Crippen LogP contribution >= 0.6 is 11.3 Å². The molecule has 0 spiro atoms. The number of benzene rings is 1. The lowest BCUT2D eigenvalue weighted by molar-refractivity contribution is 0.0606. The number of hydrogen-bond donors (Lipinski definition) is 0. The number of nitrogens with zero attached hydrogens (tertiary/aromatic N) is 3. The molecule has 2 aromatic rings. The van der Waals surface area contributed by atoms with Crippen LogP contribution in [0.1, 0.15) is 20.8 Å². The van der Waals surface area contributed by atoms with E-state index in [2.05, 4.69) is 15.8 Å². The van der Waals surface area contributed by atoms with Gasteiger partial charge in [-0.3, -0.25) is 0 Å². The Hall–Kier alpha value is -2.39. The Morgan fingerprint density at radius 1 is 1.55 bits per heavy atom. The van der Waals surface area contributed by atoms with Gasteiger partial charge >= 0.3 is 5.97 Å². The largest absolute Gasteiger partial charge is 0.465 e. The van der Waals surface area contributed by atoms with Gasteiger partial charge in [-0.2, -0.15) is 5.26 Å². The van der Waals surface area contributed by atoms with Crippen molar-refractivity contribution in [2.75, 3.05) is 19.1 Å². The third-order valence-corrected chi connectivity index (χ3v) is 3.77. The first kappa shape index (κ1) is 14.0. The molecule has 6 heteroatoms. The van der Waals surface area contributed by atoms with Crippen LogP contribution in [0.5, 0.6) is 0 Å². The van der Waals surface area contributed by atoms with Gasteiger partial charge in [0, 0.05) is 13.6 Å². The summed E-state index contributed by atoms with van der Waals surface area (Å²) in [6, 6.07) is 9.52. The van der Waals surface area contributed by atoms with Gasteiger partial charge < -0.3 is 9.64 Å². The van der Waals surface area contributed by atoms with E-state index in [1.165, 1.54) is 24.6 Å².